The molecule has 102 valence electrons. The highest BCUT2D eigenvalue weighted by molar-refractivity contribution is 5.04. The van der Waals surface area contributed by atoms with Crippen molar-refractivity contribution < 1.29 is 0 Å². The van der Waals surface area contributed by atoms with Gasteiger partial charge in [0.05, 0.1) is 6.20 Å². The number of hydrogen-bond donors (Lipinski definition) is 1. The summed E-state index contributed by atoms with van der Waals surface area (Å²) in [5.74, 6) is 0.813. The predicted molar refractivity (Wildman–Crippen MR) is 75.5 cm³/mol. The molecule has 0 spiro atoms. The van der Waals surface area contributed by atoms with Gasteiger partial charge in [-0.3, -0.25) is 4.68 Å². The highest BCUT2D eigenvalue weighted by Crippen LogP contribution is 2.23. The van der Waals surface area contributed by atoms with Crippen molar-refractivity contribution in [3.8, 4) is 0 Å². The fourth-order valence-electron chi connectivity index (χ4n) is 2.80. The Balaban J connectivity index is 1.85. The van der Waals surface area contributed by atoms with Crippen molar-refractivity contribution in [2.45, 2.75) is 71.5 Å². The van der Waals surface area contributed by atoms with E-state index in [1.807, 2.05) is 10.9 Å². The minimum atomic E-state index is 0.454. The summed E-state index contributed by atoms with van der Waals surface area (Å²) in [6.07, 6.45) is 11.1. The van der Waals surface area contributed by atoms with Crippen molar-refractivity contribution in [1.29, 1.82) is 0 Å². The van der Waals surface area contributed by atoms with Crippen molar-refractivity contribution in [2.75, 3.05) is 0 Å². The molecule has 3 heteroatoms. The molecule has 1 aliphatic rings. The molecule has 1 aromatic rings. The minimum absolute atomic E-state index is 0.454. The molecule has 1 saturated carbocycles. The SMILES string of the molecule is CC1CCCCCC1NCc1cnn(C(C)C)c1. The van der Waals surface area contributed by atoms with E-state index in [2.05, 4.69) is 37.4 Å². The zero-order valence-corrected chi connectivity index (χ0v) is 12.0. The van der Waals surface area contributed by atoms with E-state index in [0.29, 0.717) is 12.1 Å². The Morgan fingerprint density at radius 3 is 2.83 bits per heavy atom. The summed E-state index contributed by atoms with van der Waals surface area (Å²) >= 11 is 0. The number of hydrogen-bond acceptors (Lipinski definition) is 2. The number of nitrogens with zero attached hydrogens (tertiary/aromatic N) is 2. The first-order valence-electron chi connectivity index (χ1n) is 7.43. The molecule has 18 heavy (non-hydrogen) atoms. The van der Waals surface area contributed by atoms with E-state index < -0.39 is 0 Å². The van der Waals surface area contributed by atoms with Crippen molar-refractivity contribution >= 4 is 0 Å². The van der Waals surface area contributed by atoms with Crippen LogP contribution in [-0.2, 0) is 6.54 Å². The van der Waals surface area contributed by atoms with E-state index in [9.17, 15) is 0 Å². The van der Waals surface area contributed by atoms with Crippen LogP contribution in [0.3, 0.4) is 0 Å². The van der Waals surface area contributed by atoms with Crippen LogP contribution in [-0.4, -0.2) is 15.8 Å². The third-order valence-electron chi connectivity index (χ3n) is 4.11. The van der Waals surface area contributed by atoms with E-state index in [1.165, 1.54) is 37.7 Å². The second-order valence-corrected chi connectivity index (χ2v) is 6.03. The van der Waals surface area contributed by atoms with Crippen molar-refractivity contribution in [2.24, 2.45) is 5.92 Å². The van der Waals surface area contributed by atoms with Crippen molar-refractivity contribution in [1.82, 2.24) is 15.1 Å². The summed E-state index contributed by atoms with van der Waals surface area (Å²) in [4.78, 5) is 0. The lowest BCUT2D eigenvalue weighted by Gasteiger charge is -2.22. The van der Waals surface area contributed by atoms with Crippen LogP contribution < -0.4 is 5.32 Å². The van der Waals surface area contributed by atoms with E-state index in [1.54, 1.807) is 0 Å². The lowest BCUT2D eigenvalue weighted by atomic mass is 9.97. The van der Waals surface area contributed by atoms with Crippen LogP contribution in [0.25, 0.3) is 0 Å². The van der Waals surface area contributed by atoms with Gasteiger partial charge in [0.2, 0.25) is 0 Å². The Kier molecular flexibility index (Phi) is 4.81. The second-order valence-electron chi connectivity index (χ2n) is 6.03. The molecule has 2 atom stereocenters. The molecule has 1 heterocycles. The lowest BCUT2D eigenvalue weighted by molar-refractivity contribution is 0.356. The summed E-state index contributed by atoms with van der Waals surface area (Å²) in [5, 5.41) is 8.12. The van der Waals surface area contributed by atoms with Gasteiger partial charge in [-0.2, -0.15) is 5.10 Å². The van der Waals surface area contributed by atoms with Gasteiger partial charge in [0.15, 0.2) is 0 Å². The van der Waals surface area contributed by atoms with E-state index in [-0.39, 0.29) is 0 Å². The molecule has 0 aromatic carbocycles. The van der Waals surface area contributed by atoms with Crippen LogP contribution in [0.1, 0.15) is 64.5 Å². The molecule has 2 unspecified atom stereocenters. The molecule has 0 aliphatic heterocycles. The molecule has 0 radical (unpaired) electrons. The van der Waals surface area contributed by atoms with Gasteiger partial charge in [-0.15, -0.1) is 0 Å². The van der Waals surface area contributed by atoms with Gasteiger partial charge in [0, 0.05) is 30.4 Å². The third kappa shape index (κ3) is 3.58. The van der Waals surface area contributed by atoms with Gasteiger partial charge in [-0.1, -0.05) is 26.2 Å². The summed E-state index contributed by atoms with van der Waals surface area (Å²) in [6, 6.07) is 1.14. The van der Waals surface area contributed by atoms with Crippen molar-refractivity contribution in [3.63, 3.8) is 0 Å². The van der Waals surface area contributed by atoms with Crippen LogP contribution in [0.5, 0.6) is 0 Å². The van der Waals surface area contributed by atoms with Crippen LogP contribution in [0.2, 0.25) is 0 Å². The minimum Gasteiger partial charge on any atom is -0.310 e. The van der Waals surface area contributed by atoms with Gasteiger partial charge >= 0.3 is 0 Å². The first-order valence-corrected chi connectivity index (χ1v) is 7.43. The normalized spacial score (nSPS) is 25.3. The third-order valence-corrected chi connectivity index (χ3v) is 4.11. The molecule has 2 rings (SSSR count). The quantitative estimate of drug-likeness (QED) is 0.827. The van der Waals surface area contributed by atoms with Crippen LogP contribution in [0, 0.1) is 5.92 Å². The summed E-state index contributed by atoms with van der Waals surface area (Å²) < 4.78 is 2.04. The number of aromatic nitrogens is 2. The molecule has 3 nitrogen and oxygen atoms in total. The Morgan fingerprint density at radius 2 is 2.11 bits per heavy atom. The largest absolute Gasteiger partial charge is 0.310 e. The molecular formula is C15H27N3. The molecule has 1 fully saturated rings. The Hall–Kier alpha value is -0.830. The van der Waals surface area contributed by atoms with Crippen LogP contribution in [0.15, 0.2) is 12.4 Å². The maximum atomic E-state index is 4.39. The molecule has 1 N–H and O–H groups in total. The standard InChI is InChI=1S/C15H27N3/c1-12(2)18-11-14(10-17-18)9-16-15-8-6-4-5-7-13(15)3/h10-13,15-16H,4-9H2,1-3H3. The molecule has 0 saturated heterocycles. The average molecular weight is 249 g/mol. The van der Waals surface area contributed by atoms with E-state index in [4.69, 9.17) is 0 Å². The maximum absolute atomic E-state index is 4.39. The first-order chi connectivity index (χ1) is 8.66. The Morgan fingerprint density at radius 1 is 1.33 bits per heavy atom. The zero-order chi connectivity index (χ0) is 13.0. The summed E-state index contributed by atoms with van der Waals surface area (Å²) in [6.45, 7) is 7.68. The monoisotopic (exact) mass is 249 g/mol. The number of nitrogens with one attached hydrogen (secondary N) is 1. The molecule has 0 amide bonds. The second kappa shape index (κ2) is 6.37. The zero-order valence-electron chi connectivity index (χ0n) is 12.0. The highest BCUT2D eigenvalue weighted by atomic mass is 15.3. The van der Waals surface area contributed by atoms with Gasteiger partial charge < -0.3 is 5.32 Å². The van der Waals surface area contributed by atoms with Crippen molar-refractivity contribution in [3.05, 3.63) is 18.0 Å². The van der Waals surface area contributed by atoms with Gasteiger partial charge in [-0.05, 0) is 32.6 Å². The van der Waals surface area contributed by atoms with Gasteiger partial charge in [0.1, 0.15) is 0 Å². The topological polar surface area (TPSA) is 29.9 Å². The maximum Gasteiger partial charge on any atom is 0.0534 e. The first kappa shape index (κ1) is 13.6. The van der Waals surface area contributed by atoms with E-state index >= 15 is 0 Å². The average Bonchev–Trinajstić information content (AvgIpc) is 2.72. The Labute approximate surface area is 111 Å². The fourth-order valence-corrected chi connectivity index (χ4v) is 2.80. The van der Waals surface area contributed by atoms with Crippen LogP contribution >= 0.6 is 0 Å². The van der Waals surface area contributed by atoms with Gasteiger partial charge in [-0.25, -0.2) is 0 Å². The highest BCUT2D eigenvalue weighted by Gasteiger charge is 2.19. The van der Waals surface area contributed by atoms with Gasteiger partial charge in [0.25, 0.3) is 0 Å². The molecule has 1 aliphatic carbocycles. The molecule has 1 aromatic heterocycles. The summed E-state index contributed by atoms with van der Waals surface area (Å²) in [5.41, 5.74) is 1.31. The molecule has 0 bridgehead atoms. The molecular weight excluding hydrogens is 222 g/mol. The predicted octanol–water partition coefficient (Wildman–Crippen LogP) is 3.52. The fraction of sp³-hybridized carbons (Fsp3) is 0.800. The van der Waals surface area contributed by atoms with E-state index in [0.717, 1.165) is 12.5 Å². The lowest BCUT2D eigenvalue weighted by Crippen LogP contribution is -2.33. The Bertz CT molecular complexity index is 356. The summed E-state index contributed by atoms with van der Waals surface area (Å²) in [7, 11) is 0. The smallest absolute Gasteiger partial charge is 0.0534 e. The van der Waals surface area contributed by atoms with Crippen LogP contribution in [0.4, 0.5) is 0 Å². The number of rotatable bonds is 4.